The van der Waals surface area contributed by atoms with Crippen LogP contribution in [0.4, 0.5) is 0 Å². The van der Waals surface area contributed by atoms with Crippen molar-refractivity contribution in [1.82, 2.24) is 5.32 Å². The standard InChI is InChI=1S/C15H18ClNOS/c1-2-17-12(10-14-8-9-15(16)19-14)11-18-13-6-4-3-5-7-13/h3-9,12,17H,2,10-11H2,1H3. The fraction of sp³-hybridized carbons (Fsp3) is 0.333. The van der Waals surface area contributed by atoms with Gasteiger partial charge in [-0.3, -0.25) is 0 Å². The van der Waals surface area contributed by atoms with Gasteiger partial charge in [0.1, 0.15) is 12.4 Å². The van der Waals surface area contributed by atoms with Crippen molar-refractivity contribution in [2.24, 2.45) is 0 Å². The summed E-state index contributed by atoms with van der Waals surface area (Å²) in [6.07, 6.45) is 0.943. The number of ether oxygens (including phenoxy) is 1. The van der Waals surface area contributed by atoms with Gasteiger partial charge in [0, 0.05) is 17.3 Å². The Kier molecular flexibility index (Phi) is 5.70. The van der Waals surface area contributed by atoms with E-state index in [0.29, 0.717) is 12.6 Å². The van der Waals surface area contributed by atoms with Crippen LogP contribution in [0.1, 0.15) is 11.8 Å². The number of nitrogens with one attached hydrogen (secondary N) is 1. The van der Waals surface area contributed by atoms with Crippen molar-refractivity contribution in [3.8, 4) is 5.75 Å². The van der Waals surface area contributed by atoms with E-state index < -0.39 is 0 Å². The molecule has 0 amide bonds. The van der Waals surface area contributed by atoms with Crippen LogP contribution in [0.25, 0.3) is 0 Å². The van der Waals surface area contributed by atoms with E-state index in [-0.39, 0.29) is 0 Å². The van der Waals surface area contributed by atoms with Gasteiger partial charge in [0.15, 0.2) is 0 Å². The number of likely N-dealkylation sites (N-methyl/N-ethyl adjacent to an activating group) is 1. The predicted octanol–water partition coefficient (Wildman–Crippen LogP) is 4.00. The Labute approximate surface area is 123 Å². The third-order valence-electron chi connectivity index (χ3n) is 2.76. The number of benzene rings is 1. The highest BCUT2D eigenvalue weighted by Crippen LogP contribution is 2.22. The van der Waals surface area contributed by atoms with E-state index in [2.05, 4.69) is 18.3 Å². The molecule has 0 aliphatic rings. The Morgan fingerprint density at radius 3 is 2.63 bits per heavy atom. The van der Waals surface area contributed by atoms with Crippen molar-refractivity contribution in [3.05, 3.63) is 51.7 Å². The summed E-state index contributed by atoms with van der Waals surface area (Å²) >= 11 is 7.59. The molecular formula is C15H18ClNOS. The summed E-state index contributed by atoms with van der Waals surface area (Å²) in [5, 5.41) is 3.45. The van der Waals surface area contributed by atoms with Gasteiger partial charge in [-0.15, -0.1) is 11.3 Å². The Bertz CT molecular complexity index is 486. The van der Waals surface area contributed by atoms with Crippen LogP contribution >= 0.6 is 22.9 Å². The van der Waals surface area contributed by atoms with Gasteiger partial charge in [-0.25, -0.2) is 0 Å². The molecule has 0 bridgehead atoms. The number of hydrogen-bond acceptors (Lipinski definition) is 3. The first-order chi connectivity index (χ1) is 9.28. The Morgan fingerprint density at radius 2 is 2.00 bits per heavy atom. The highest BCUT2D eigenvalue weighted by Gasteiger charge is 2.11. The van der Waals surface area contributed by atoms with Crippen molar-refractivity contribution in [3.63, 3.8) is 0 Å². The van der Waals surface area contributed by atoms with Gasteiger partial charge in [-0.05, 0) is 30.8 Å². The third kappa shape index (κ3) is 4.86. The van der Waals surface area contributed by atoms with E-state index in [1.165, 1.54) is 4.88 Å². The van der Waals surface area contributed by atoms with Gasteiger partial charge >= 0.3 is 0 Å². The molecule has 19 heavy (non-hydrogen) atoms. The quantitative estimate of drug-likeness (QED) is 0.833. The van der Waals surface area contributed by atoms with Gasteiger partial charge in [0.25, 0.3) is 0 Å². The summed E-state index contributed by atoms with van der Waals surface area (Å²) in [4.78, 5) is 1.28. The van der Waals surface area contributed by atoms with Crippen LogP contribution in [0.15, 0.2) is 42.5 Å². The van der Waals surface area contributed by atoms with Crippen LogP contribution in [-0.4, -0.2) is 19.2 Å². The van der Waals surface area contributed by atoms with E-state index in [0.717, 1.165) is 23.1 Å². The molecular weight excluding hydrogens is 278 g/mol. The minimum Gasteiger partial charge on any atom is -0.492 e. The Morgan fingerprint density at radius 1 is 1.21 bits per heavy atom. The molecule has 0 saturated carbocycles. The lowest BCUT2D eigenvalue weighted by molar-refractivity contribution is 0.265. The summed E-state index contributed by atoms with van der Waals surface area (Å²) in [5.41, 5.74) is 0. The summed E-state index contributed by atoms with van der Waals surface area (Å²) < 4.78 is 6.65. The largest absolute Gasteiger partial charge is 0.492 e. The van der Waals surface area contributed by atoms with Crippen molar-refractivity contribution in [2.45, 2.75) is 19.4 Å². The second-order valence-electron chi connectivity index (χ2n) is 4.29. The molecule has 2 nitrogen and oxygen atoms in total. The molecule has 0 saturated heterocycles. The van der Waals surface area contributed by atoms with Crippen LogP contribution in [0.3, 0.4) is 0 Å². The van der Waals surface area contributed by atoms with Crippen LogP contribution in [0.2, 0.25) is 4.34 Å². The molecule has 1 heterocycles. The minimum absolute atomic E-state index is 0.305. The van der Waals surface area contributed by atoms with Crippen molar-refractivity contribution < 1.29 is 4.74 Å². The highest BCUT2D eigenvalue weighted by molar-refractivity contribution is 7.16. The van der Waals surface area contributed by atoms with E-state index in [1.54, 1.807) is 11.3 Å². The molecule has 4 heteroatoms. The second-order valence-corrected chi connectivity index (χ2v) is 6.09. The molecule has 0 spiro atoms. The molecule has 1 atom stereocenters. The number of rotatable bonds is 7. The van der Waals surface area contributed by atoms with Crippen molar-refractivity contribution in [1.29, 1.82) is 0 Å². The lowest BCUT2D eigenvalue weighted by Gasteiger charge is -2.17. The van der Waals surface area contributed by atoms with Gasteiger partial charge in [-0.1, -0.05) is 36.7 Å². The van der Waals surface area contributed by atoms with Gasteiger partial charge in [0.2, 0.25) is 0 Å². The Balaban J connectivity index is 1.89. The number of thiophene rings is 1. The van der Waals surface area contributed by atoms with Gasteiger partial charge in [-0.2, -0.15) is 0 Å². The number of hydrogen-bond donors (Lipinski definition) is 1. The lowest BCUT2D eigenvalue weighted by atomic mass is 10.2. The predicted molar refractivity (Wildman–Crippen MR) is 82.4 cm³/mol. The fourth-order valence-electron chi connectivity index (χ4n) is 1.90. The monoisotopic (exact) mass is 295 g/mol. The SMILES string of the molecule is CCNC(COc1ccccc1)Cc1ccc(Cl)s1. The molecule has 2 rings (SSSR count). The lowest BCUT2D eigenvalue weighted by Crippen LogP contribution is -2.36. The zero-order valence-corrected chi connectivity index (χ0v) is 12.5. The highest BCUT2D eigenvalue weighted by atomic mass is 35.5. The van der Waals surface area contributed by atoms with Gasteiger partial charge < -0.3 is 10.1 Å². The van der Waals surface area contributed by atoms with E-state index in [9.17, 15) is 0 Å². The van der Waals surface area contributed by atoms with Crippen LogP contribution < -0.4 is 10.1 Å². The molecule has 1 unspecified atom stereocenters. The molecule has 1 N–H and O–H groups in total. The zero-order chi connectivity index (χ0) is 13.5. The summed E-state index contributed by atoms with van der Waals surface area (Å²) in [7, 11) is 0. The maximum absolute atomic E-state index is 5.96. The van der Waals surface area contributed by atoms with Crippen LogP contribution in [0.5, 0.6) is 5.75 Å². The fourth-order valence-corrected chi connectivity index (χ4v) is 3.06. The Hall–Kier alpha value is -1.03. The zero-order valence-electron chi connectivity index (χ0n) is 10.9. The first-order valence-electron chi connectivity index (χ1n) is 6.43. The summed E-state index contributed by atoms with van der Waals surface area (Å²) in [5.74, 6) is 0.912. The maximum atomic E-state index is 5.96. The molecule has 1 aromatic carbocycles. The molecule has 0 fully saturated rings. The molecule has 1 aromatic heterocycles. The molecule has 102 valence electrons. The molecule has 0 aliphatic heterocycles. The normalized spacial score (nSPS) is 12.3. The second kappa shape index (κ2) is 7.53. The summed E-state index contributed by atoms with van der Waals surface area (Å²) in [6.45, 7) is 3.70. The van der Waals surface area contributed by atoms with Crippen LogP contribution in [0, 0.1) is 0 Å². The van der Waals surface area contributed by atoms with Crippen molar-refractivity contribution >= 4 is 22.9 Å². The average molecular weight is 296 g/mol. The van der Waals surface area contributed by atoms with Gasteiger partial charge in [0.05, 0.1) is 4.34 Å². The van der Waals surface area contributed by atoms with E-state index in [1.807, 2.05) is 36.4 Å². The molecule has 0 aliphatic carbocycles. The maximum Gasteiger partial charge on any atom is 0.119 e. The molecule has 0 radical (unpaired) electrons. The minimum atomic E-state index is 0.305. The third-order valence-corrected chi connectivity index (χ3v) is 4.02. The molecule has 2 aromatic rings. The first-order valence-corrected chi connectivity index (χ1v) is 7.63. The van der Waals surface area contributed by atoms with Crippen molar-refractivity contribution in [2.75, 3.05) is 13.2 Å². The number of para-hydroxylation sites is 1. The van der Waals surface area contributed by atoms with E-state index in [4.69, 9.17) is 16.3 Å². The summed E-state index contributed by atoms with van der Waals surface area (Å²) in [6, 6.07) is 14.2. The van der Waals surface area contributed by atoms with E-state index >= 15 is 0 Å². The number of halogens is 1. The first kappa shape index (κ1) is 14.4. The smallest absolute Gasteiger partial charge is 0.119 e. The average Bonchev–Trinajstić information content (AvgIpc) is 2.83. The topological polar surface area (TPSA) is 21.3 Å². The van der Waals surface area contributed by atoms with Crippen LogP contribution in [-0.2, 0) is 6.42 Å².